The van der Waals surface area contributed by atoms with E-state index in [1.807, 2.05) is 12.1 Å². The van der Waals surface area contributed by atoms with Gasteiger partial charge in [0.05, 0.1) is 12.8 Å². The topological polar surface area (TPSA) is 73.9 Å². The second-order valence-corrected chi connectivity index (χ2v) is 8.85. The molecule has 0 radical (unpaired) electrons. The molecule has 0 spiro atoms. The number of anilines is 1. The van der Waals surface area contributed by atoms with Crippen LogP contribution in [0.2, 0.25) is 0 Å². The number of carbonyl (C=O) groups is 2. The lowest BCUT2D eigenvalue weighted by Crippen LogP contribution is -2.47. The fraction of sp³-hybridized carbons (Fsp3) is 0.385. The summed E-state index contributed by atoms with van der Waals surface area (Å²) in [5.74, 6) is 0.674. The molecule has 2 saturated heterocycles. The van der Waals surface area contributed by atoms with Crippen LogP contribution in [0.3, 0.4) is 0 Å². The van der Waals surface area contributed by atoms with E-state index in [4.69, 9.17) is 4.74 Å². The Morgan fingerprint density at radius 3 is 2.30 bits per heavy atom. The average Bonchev–Trinajstić information content (AvgIpc) is 3.45. The number of methoxy groups -OCH3 is 1. The number of fused-ring (bicyclic) bond motifs is 3. The van der Waals surface area contributed by atoms with Gasteiger partial charge in [0, 0.05) is 56.4 Å². The Labute approximate surface area is 194 Å². The van der Waals surface area contributed by atoms with Crippen molar-refractivity contribution in [1.82, 2.24) is 15.5 Å². The summed E-state index contributed by atoms with van der Waals surface area (Å²) in [6.45, 7) is 3.66. The normalized spacial score (nSPS) is 22.1. The van der Waals surface area contributed by atoms with E-state index in [1.165, 1.54) is 12.1 Å². The number of likely N-dealkylation sites (N-methyl/N-ethyl adjacent to an activating group) is 1. The molecule has 2 aliphatic heterocycles. The van der Waals surface area contributed by atoms with Crippen LogP contribution in [0, 0.1) is 0 Å². The van der Waals surface area contributed by atoms with Gasteiger partial charge in [0.15, 0.2) is 0 Å². The Kier molecular flexibility index (Phi) is 5.81. The molecule has 2 atom stereocenters. The highest BCUT2D eigenvalue weighted by atomic mass is 16.5. The molecule has 2 fully saturated rings. The molecule has 172 valence electrons. The number of carbonyl (C=O) groups excluding carboxylic acids is 2. The van der Waals surface area contributed by atoms with Gasteiger partial charge in [0.2, 0.25) is 11.6 Å². The summed E-state index contributed by atoms with van der Waals surface area (Å²) in [5, 5.41) is 6.18. The van der Waals surface area contributed by atoms with E-state index in [0.29, 0.717) is 41.1 Å². The molecule has 2 aromatic carbocycles. The fourth-order valence-electron chi connectivity index (χ4n) is 5.46. The number of rotatable bonds is 8. The van der Waals surface area contributed by atoms with Crippen molar-refractivity contribution in [3.63, 3.8) is 0 Å². The predicted molar refractivity (Wildman–Crippen MR) is 128 cm³/mol. The summed E-state index contributed by atoms with van der Waals surface area (Å²) >= 11 is 0. The molecule has 7 heteroatoms. The number of allylic oxidation sites excluding steroid dienone is 2. The van der Waals surface area contributed by atoms with E-state index >= 15 is 0 Å². The van der Waals surface area contributed by atoms with Crippen LogP contribution in [0.4, 0.5) is 5.69 Å². The molecule has 2 aromatic rings. The number of ketones is 2. The first-order chi connectivity index (χ1) is 16.1. The molecule has 2 unspecified atom stereocenters. The Morgan fingerprint density at radius 2 is 1.64 bits per heavy atom. The third-order valence-electron chi connectivity index (χ3n) is 7.04. The van der Waals surface area contributed by atoms with Crippen molar-refractivity contribution in [1.29, 1.82) is 0 Å². The van der Waals surface area contributed by atoms with Crippen LogP contribution in [0.1, 0.15) is 33.6 Å². The van der Waals surface area contributed by atoms with E-state index < -0.39 is 0 Å². The van der Waals surface area contributed by atoms with Crippen LogP contribution in [0.5, 0.6) is 5.75 Å². The second-order valence-electron chi connectivity index (χ2n) is 8.85. The van der Waals surface area contributed by atoms with Crippen LogP contribution in [0.25, 0.3) is 0 Å². The minimum absolute atomic E-state index is 0.123. The van der Waals surface area contributed by atoms with Crippen LogP contribution in [0.15, 0.2) is 59.9 Å². The summed E-state index contributed by atoms with van der Waals surface area (Å²) < 4.78 is 5.56. The first-order valence-electron chi connectivity index (χ1n) is 11.6. The number of nitrogens with one attached hydrogen (secondary N) is 2. The number of para-hydroxylation sites is 2. The molecule has 0 amide bonds. The highest BCUT2D eigenvalue weighted by Gasteiger charge is 2.43. The first kappa shape index (κ1) is 21.5. The van der Waals surface area contributed by atoms with E-state index in [0.717, 1.165) is 31.8 Å². The third-order valence-corrected chi connectivity index (χ3v) is 7.04. The number of benzene rings is 2. The van der Waals surface area contributed by atoms with E-state index in [2.05, 4.69) is 32.6 Å². The fourth-order valence-corrected chi connectivity index (χ4v) is 5.46. The molecular weight excluding hydrogens is 416 g/mol. The quantitative estimate of drug-likeness (QED) is 0.604. The number of nitrogens with zero attached hydrogens (tertiary/aromatic N) is 2. The molecule has 3 aliphatic rings. The molecule has 2 heterocycles. The maximum Gasteiger partial charge on any atom is 0.211 e. The van der Waals surface area contributed by atoms with Crippen molar-refractivity contribution in [2.45, 2.75) is 24.9 Å². The maximum absolute atomic E-state index is 13.0. The smallest absolute Gasteiger partial charge is 0.211 e. The van der Waals surface area contributed by atoms with Crippen molar-refractivity contribution in [3.8, 4) is 5.75 Å². The molecule has 1 aliphatic carbocycles. The molecule has 2 N–H and O–H groups in total. The lowest BCUT2D eigenvalue weighted by atomic mass is 9.90. The lowest BCUT2D eigenvalue weighted by Gasteiger charge is -2.36. The molecule has 5 rings (SSSR count). The van der Waals surface area contributed by atoms with Crippen molar-refractivity contribution >= 4 is 17.3 Å². The van der Waals surface area contributed by atoms with Gasteiger partial charge in [-0.15, -0.1) is 0 Å². The van der Waals surface area contributed by atoms with Crippen molar-refractivity contribution < 1.29 is 14.3 Å². The molecule has 0 saturated carbocycles. The van der Waals surface area contributed by atoms with Gasteiger partial charge in [-0.25, -0.2) is 0 Å². The summed E-state index contributed by atoms with van der Waals surface area (Å²) in [6.07, 6.45) is 2.08. The molecular formula is C26H30N4O3. The second kappa shape index (κ2) is 8.90. The summed E-state index contributed by atoms with van der Waals surface area (Å²) in [5.41, 5.74) is 2.85. The zero-order valence-corrected chi connectivity index (χ0v) is 19.1. The Hall–Kier alpha value is -3.32. The van der Waals surface area contributed by atoms with Crippen molar-refractivity contribution in [2.24, 2.45) is 0 Å². The average molecular weight is 447 g/mol. The van der Waals surface area contributed by atoms with Crippen LogP contribution < -0.4 is 20.3 Å². The number of piperazine rings is 1. The van der Waals surface area contributed by atoms with Gasteiger partial charge in [-0.3, -0.25) is 14.5 Å². The predicted octanol–water partition coefficient (Wildman–Crippen LogP) is 2.45. The lowest BCUT2D eigenvalue weighted by molar-refractivity contribution is 0.0963. The number of hydrogen-bond acceptors (Lipinski definition) is 7. The van der Waals surface area contributed by atoms with Gasteiger partial charge in [0.25, 0.3) is 0 Å². The van der Waals surface area contributed by atoms with Crippen LogP contribution in [-0.2, 0) is 0 Å². The molecule has 33 heavy (non-hydrogen) atoms. The summed E-state index contributed by atoms with van der Waals surface area (Å²) in [6, 6.07) is 16.3. The number of likely N-dealkylation sites (tertiary alicyclic amines) is 1. The number of hydrogen-bond donors (Lipinski definition) is 2. The minimum Gasteiger partial charge on any atom is -0.495 e. The Balaban J connectivity index is 1.17. The summed E-state index contributed by atoms with van der Waals surface area (Å²) in [4.78, 5) is 30.8. The molecule has 0 aromatic heterocycles. The largest absolute Gasteiger partial charge is 0.495 e. The molecule has 2 bridgehead atoms. The van der Waals surface area contributed by atoms with E-state index in [1.54, 1.807) is 38.4 Å². The highest BCUT2D eigenvalue weighted by Crippen LogP contribution is 2.38. The van der Waals surface area contributed by atoms with Gasteiger partial charge in [-0.1, -0.05) is 36.4 Å². The minimum atomic E-state index is -0.136. The van der Waals surface area contributed by atoms with Gasteiger partial charge in [-0.2, -0.15) is 0 Å². The van der Waals surface area contributed by atoms with Gasteiger partial charge in [-0.05, 0) is 25.0 Å². The van der Waals surface area contributed by atoms with Crippen molar-refractivity contribution in [2.75, 3.05) is 45.2 Å². The number of ether oxygens (including phenoxy) is 1. The van der Waals surface area contributed by atoms with Gasteiger partial charge < -0.3 is 20.3 Å². The Morgan fingerprint density at radius 1 is 0.939 bits per heavy atom. The standard InChI is InChI=1S/C26H30N4O3/c1-27-23-24(26(32)20-9-4-3-8-19(20)25(23)31)28-12-7-13-29-15-18-14-17(29)16-30(18)21-10-5-6-11-22(21)33-2/h3-6,8-11,17-18,27-28H,7,12-16H2,1-2H3. The summed E-state index contributed by atoms with van der Waals surface area (Å²) in [7, 11) is 3.41. The highest BCUT2D eigenvalue weighted by molar-refractivity contribution is 6.26. The number of Topliss-reactive ketones (excluding diaryl/α,β-unsaturated/α-hetero) is 2. The van der Waals surface area contributed by atoms with E-state index in [-0.39, 0.29) is 11.6 Å². The third kappa shape index (κ3) is 3.76. The Bertz CT molecular complexity index is 1110. The SMILES string of the molecule is CNC1=C(NCCCN2CC3CC2CN3c2ccccc2OC)C(=O)c2ccccc2C1=O. The van der Waals surface area contributed by atoms with Gasteiger partial charge >= 0.3 is 0 Å². The first-order valence-corrected chi connectivity index (χ1v) is 11.6. The zero-order valence-electron chi connectivity index (χ0n) is 19.1. The van der Waals surface area contributed by atoms with Crippen LogP contribution >= 0.6 is 0 Å². The molecule has 7 nitrogen and oxygen atoms in total. The van der Waals surface area contributed by atoms with Gasteiger partial charge in [0.1, 0.15) is 17.1 Å². The monoisotopic (exact) mass is 446 g/mol. The zero-order chi connectivity index (χ0) is 22.9. The maximum atomic E-state index is 13.0. The van der Waals surface area contributed by atoms with E-state index in [9.17, 15) is 9.59 Å². The van der Waals surface area contributed by atoms with Crippen molar-refractivity contribution in [3.05, 3.63) is 71.1 Å². The van der Waals surface area contributed by atoms with Crippen LogP contribution in [-0.4, -0.2) is 68.9 Å².